The molecule has 1 amide bonds. The van der Waals surface area contributed by atoms with Gasteiger partial charge in [-0.15, -0.1) is 10.2 Å². The van der Waals surface area contributed by atoms with Crippen LogP contribution < -0.4 is 5.32 Å². The van der Waals surface area contributed by atoms with Gasteiger partial charge in [-0.05, 0) is 24.9 Å². The molecule has 1 aromatic carbocycles. The molecular weight excluding hydrogens is 375 g/mol. The van der Waals surface area contributed by atoms with Crippen molar-refractivity contribution in [1.29, 1.82) is 0 Å². The molecule has 5 nitrogen and oxygen atoms in total. The molecule has 0 spiro atoms. The highest BCUT2D eigenvalue weighted by Crippen LogP contribution is 2.29. The van der Waals surface area contributed by atoms with Crippen LogP contribution in [0.5, 0.6) is 0 Å². The van der Waals surface area contributed by atoms with E-state index in [1.165, 1.54) is 11.3 Å². The number of carbonyl (C=O) groups is 1. The third-order valence-corrected chi connectivity index (χ3v) is 5.54. The number of amides is 1. The van der Waals surface area contributed by atoms with Crippen LogP contribution in [0.15, 0.2) is 22.5 Å². The minimum absolute atomic E-state index is 0.170. The van der Waals surface area contributed by atoms with Gasteiger partial charge in [0.05, 0.1) is 28.8 Å². The number of nitrogens with zero attached hydrogens (tertiary/aromatic N) is 3. The van der Waals surface area contributed by atoms with Gasteiger partial charge in [-0.25, -0.2) is 0 Å². The second-order valence-electron chi connectivity index (χ2n) is 4.61. The largest absolute Gasteiger partial charge is 0.322 e. The lowest BCUT2D eigenvalue weighted by atomic mass is 10.3. The van der Waals surface area contributed by atoms with E-state index in [-0.39, 0.29) is 12.5 Å². The van der Waals surface area contributed by atoms with E-state index in [1.807, 2.05) is 18.1 Å². The quantitative estimate of drug-likeness (QED) is 0.723. The van der Waals surface area contributed by atoms with Crippen molar-refractivity contribution >= 4 is 57.9 Å². The van der Waals surface area contributed by atoms with E-state index in [1.54, 1.807) is 30.0 Å². The number of nitrogens with one attached hydrogen (secondary N) is 1. The number of hydrogen-bond donors (Lipinski definition) is 1. The maximum absolute atomic E-state index is 12.2. The first-order chi connectivity index (χ1) is 11.0. The van der Waals surface area contributed by atoms with Crippen molar-refractivity contribution in [2.75, 3.05) is 24.7 Å². The molecule has 23 heavy (non-hydrogen) atoms. The van der Waals surface area contributed by atoms with Crippen LogP contribution in [-0.2, 0) is 11.3 Å². The van der Waals surface area contributed by atoms with Crippen molar-refractivity contribution in [1.82, 2.24) is 15.1 Å². The third-order valence-electron chi connectivity index (χ3n) is 3.02. The Labute approximate surface area is 153 Å². The Morgan fingerprint density at radius 1 is 1.35 bits per heavy atom. The van der Waals surface area contributed by atoms with Crippen LogP contribution in [0.2, 0.25) is 10.0 Å². The number of anilines is 1. The van der Waals surface area contributed by atoms with Gasteiger partial charge >= 0.3 is 0 Å². The van der Waals surface area contributed by atoms with E-state index in [0.717, 1.165) is 15.9 Å². The summed E-state index contributed by atoms with van der Waals surface area (Å²) in [6.45, 7) is 3.52. The number of para-hydroxylation sites is 1. The zero-order valence-electron chi connectivity index (χ0n) is 12.7. The van der Waals surface area contributed by atoms with Gasteiger partial charge in [-0.2, -0.15) is 0 Å². The monoisotopic (exact) mass is 390 g/mol. The van der Waals surface area contributed by atoms with Crippen LogP contribution in [0, 0.1) is 0 Å². The number of carbonyl (C=O) groups excluding carboxylic acids is 1. The van der Waals surface area contributed by atoms with Crippen LogP contribution in [0.4, 0.5) is 5.69 Å². The molecule has 0 fully saturated rings. The molecule has 1 heterocycles. The molecule has 0 unspecified atom stereocenters. The van der Waals surface area contributed by atoms with E-state index in [0.29, 0.717) is 22.3 Å². The number of aromatic nitrogens is 2. The Bertz CT molecular complexity index is 660. The zero-order chi connectivity index (χ0) is 16.8. The highest BCUT2D eigenvalue weighted by Gasteiger charge is 2.15. The van der Waals surface area contributed by atoms with Crippen molar-refractivity contribution in [2.45, 2.75) is 17.8 Å². The smallest absolute Gasteiger partial charge is 0.238 e. The lowest BCUT2D eigenvalue weighted by Gasteiger charge is -2.18. The normalized spacial score (nSPS) is 11.0. The Kier molecular flexibility index (Phi) is 7.10. The fourth-order valence-electron chi connectivity index (χ4n) is 1.85. The molecule has 2 rings (SSSR count). The zero-order valence-corrected chi connectivity index (χ0v) is 15.8. The molecular formula is C14H16Cl2N4OS2. The summed E-state index contributed by atoms with van der Waals surface area (Å²) in [5.41, 5.74) is 0.442. The summed E-state index contributed by atoms with van der Waals surface area (Å²) < 4.78 is 0.920. The minimum atomic E-state index is -0.170. The van der Waals surface area contributed by atoms with Gasteiger partial charge in [-0.1, -0.05) is 59.3 Å². The molecule has 2 aromatic rings. The molecule has 1 N–H and O–H groups in total. The molecule has 0 atom stereocenters. The molecule has 1 aromatic heterocycles. The van der Waals surface area contributed by atoms with Gasteiger partial charge in [0.1, 0.15) is 5.01 Å². The number of likely N-dealkylation sites (N-methyl/N-ethyl adjacent to an activating group) is 1. The summed E-state index contributed by atoms with van der Waals surface area (Å²) in [7, 11) is 0. The van der Waals surface area contributed by atoms with Gasteiger partial charge in [0.15, 0.2) is 4.34 Å². The first kappa shape index (κ1) is 18.5. The minimum Gasteiger partial charge on any atom is -0.322 e. The first-order valence-electron chi connectivity index (χ1n) is 6.86. The average molecular weight is 391 g/mol. The number of hydrogen-bond acceptors (Lipinski definition) is 6. The van der Waals surface area contributed by atoms with Crippen LogP contribution >= 0.6 is 46.3 Å². The summed E-state index contributed by atoms with van der Waals surface area (Å²) in [4.78, 5) is 14.2. The summed E-state index contributed by atoms with van der Waals surface area (Å²) in [6.07, 6.45) is 1.96. The fraction of sp³-hybridized carbons (Fsp3) is 0.357. The topological polar surface area (TPSA) is 58.1 Å². The number of halogens is 2. The molecule has 124 valence electrons. The number of thioether (sulfide) groups is 1. The van der Waals surface area contributed by atoms with Gasteiger partial charge in [0.2, 0.25) is 5.91 Å². The highest BCUT2D eigenvalue weighted by molar-refractivity contribution is 8.00. The molecule has 0 bridgehead atoms. The lowest BCUT2D eigenvalue weighted by Crippen LogP contribution is -2.32. The molecule has 0 aliphatic heterocycles. The van der Waals surface area contributed by atoms with Gasteiger partial charge < -0.3 is 5.32 Å². The summed E-state index contributed by atoms with van der Waals surface area (Å²) in [5, 5.41) is 12.7. The van der Waals surface area contributed by atoms with Crippen LogP contribution in [-0.4, -0.2) is 40.3 Å². The Balaban J connectivity index is 1.96. The van der Waals surface area contributed by atoms with Crippen molar-refractivity contribution in [2.24, 2.45) is 0 Å². The number of rotatable bonds is 7. The van der Waals surface area contributed by atoms with Crippen molar-refractivity contribution in [3.8, 4) is 0 Å². The van der Waals surface area contributed by atoms with Crippen molar-refractivity contribution in [3.63, 3.8) is 0 Å². The van der Waals surface area contributed by atoms with Crippen molar-refractivity contribution < 1.29 is 4.79 Å². The second-order valence-corrected chi connectivity index (χ2v) is 7.54. The average Bonchev–Trinajstić information content (AvgIpc) is 2.98. The predicted octanol–water partition coefficient (Wildman–Crippen LogP) is 4.03. The SMILES string of the molecule is CCN(CC(=O)Nc1c(Cl)cccc1Cl)Cc1nnc(SC)s1. The first-order valence-corrected chi connectivity index (χ1v) is 9.65. The lowest BCUT2D eigenvalue weighted by molar-refractivity contribution is -0.117. The standard InChI is InChI=1S/C14H16Cl2N4OS2/c1-3-20(8-12-18-19-14(22-2)23-12)7-11(21)17-13-9(15)5-4-6-10(13)16/h4-6H,3,7-8H2,1-2H3,(H,17,21). The van der Waals surface area contributed by atoms with Crippen LogP contribution in [0.25, 0.3) is 0 Å². The molecule has 0 saturated heterocycles. The summed E-state index contributed by atoms with van der Waals surface area (Å²) in [5.74, 6) is -0.170. The van der Waals surface area contributed by atoms with E-state index in [9.17, 15) is 4.79 Å². The van der Waals surface area contributed by atoms with Crippen molar-refractivity contribution in [3.05, 3.63) is 33.3 Å². The van der Waals surface area contributed by atoms with Crippen LogP contribution in [0.3, 0.4) is 0 Å². The summed E-state index contributed by atoms with van der Waals surface area (Å²) in [6, 6.07) is 5.11. The second kappa shape index (κ2) is 8.84. The third kappa shape index (κ3) is 5.32. The molecule has 9 heteroatoms. The highest BCUT2D eigenvalue weighted by atomic mass is 35.5. The Morgan fingerprint density at radius 2 is 2.04 bits per heavy atom. The molecule has 0 aliphatic rings. The molecule has 0 saturated carbocycles. The Hall–Kier alpha value is -0.860. The predicted molar refractivity (Wildman–Crippen MR) is 97.7 cm³/mol. The maximum atomic E-state index is 12.2. The molecule has 0 aliphatic carbocycles. The van der Waals surface area contributed by atoms with E-state index < -0.39 is 0 Å². The van der Waals surface area contributed by atoms with E-state index in [2.05, 4.69) is 15.5 Å². The molecule has 0 radical (unpaired) electrons. The van der Waals surface area contributed by atoms with Crippen LogP contribution in [0.1, 0.15) is 11.9 Å². The number of benzene rings is 1. The van der Waals surface area contributed by atoms with Gasteiger partial charge in [0, 0.05) is 0 Å². The fourth-order valence-corrected chi connectivity index (χ4v) is 3.70. The van der Waals surface area contributed by atoms with Gasteiger partial charge in [-0.3, -0.25) is 9.69 Å². The van der Waals surface area contributed by atoms with E-state index in [4.69, 9.17) is 23.2 Å². The maximum Gasteiger partial charge on any atom is 0.238 e. The Morgan fingerprint density at radius 3 is 2.61 bits per heavy atom. The van der Waals surface area contributed by atoms with Gasteiger partial charge in [0.25, 0.3) is 0 Å². The summed E-state index contributed by atoms with van der Waals surface area (Å²) >= 11 is 15.2. The van der Waals surface area contributed by atoms with E-state index >= 15 is 0 Å².